The molecule has 0 saturated heterocycles. The number of hydrogen-bond acceptors (Lipinski definition) is 4. The molecule has 3 rings (SSSR count). The van der Waals surface area contributed by atoms with Crippen molar-refractivity contribution in [2.75, 3.05) is 0 Å². The Bertz CT molecular complexity index is 547. The van der Waals surface area contributed by atoms with Gasteiger partial charge in [-0.25, -0.2) is 4.98 Å². The molecule has 0 aromatic carbocycles. The van der Waals surface area contributed by atoms with Crippen LogP contribution in [0.4, 0.5) is 0 Å². The zero-order chi connectivity index (χ0) is 11.8. The third kappa shape index (κ3) is 1.87. The molecule has 0 aliphatic heterocycles. The van der Waals surface area contributed by atoms with E-state index in [4.69, 9.17) is 10.7 Å². The first-order valence-corrected chi connectivity index (χ1v) is 6.73. The lowest BCUT2D eigenvalue weighted by Gasteiger charge is -2.15. The van der Waals surface area contributed by atoms with Crippen LogP contribution in [0.15, 0.2) is 18.5 Å². The standard InChI is InChI=1S/C13H15N3S/c1-8-5-6-15-7-9(8)13-16-11-4-2-3-10(14)12(11)17-13/h5-7,10H,2-4,14H2,1H3. The summed E-state index contributed by atoms with van der Waals surface area (Å²) in [5, 5.41) is 1.07. The molecular weight excluding hydrogens is 230 g/mol. The first kappa shape index (κ1) is 10.9. The molecule has 1 aliphatic rings. The van der Waals surface area contributed by atoms with Crippen molar-refractivity contribution in [1.29, 1.82) is 0 Å². The van der Waals surface area contributed by atoms with Gasteiger partial charge >= 0.3 is 0 Å². The molecule has 1 atom stereocenters. The number of rotatable bonds is 1. The highest BCUT2D eigenvalue weighted by atomic mass is 32.1. The molecule has 0 amide bonds. The number of aromatic nitrogens is 2. The quantitative estimate of drug-likeness (QED) is 0.840. The predicted molar refractivity (Wildman–Crippen MR) is 69.9 cm³/mol. The average Bonchev–Trinajstić information content (AvgIpc) is 2.75. The smallest absolute Gasteiger partial charge is 0.125 e. The first-order valence-electron chi connectivity index (χ1n) is 5.92. The van der Waals surface area contributed by atoms with E-state index in [0.717, 1.165) is 29.8 Å². The topological polar surface area (TPSA) is 51.8 Å². The summed E-state index contributed by atoms with van der Waals surface area (Å²) in [5.74, 6) is 0. The highest BCUT2D eigenvalue weighted by Gasteiger charge is 2.22. The summed E-state index contributed by atoms with van der Waals surface area (Å²) < 4.78 is 0. The molecule has 0 bridgehead atoms. The van der Waals surface area contributed by atoms with Crippen molar-refractivity contribution in [1.82, 2.24) is 9.97 Å². The zero-order valence-corrected chi connectivity index (χ0v) is 10.6. The molecular formula is C13H15N3S. The van der Waals surface area contributed by atoms with Crippen molar-refractivity contribution in [3.63, 3.8) is 0 Å². The van der Waals surface area contributed by atoms with Gasteiger partial charge in [-0.3, -0.25) is 4.98 Å². The molecule has 2 N–H and O–H groups in total. The molecule has 1 aliphatic carbocycles. The SMILES string of the molecule is Cc1ccncc1-c1nc2c(s1)C(N)CCC2. The second-order valence-electron chi connectivity index (χ2n) is 4.52. The fourth-order valence-electron chi connectivity index (χ4n) is 2.26. The van der Waals surface area contributed by atoms with E-state index in [1.54, 1.807) is 11.3 Å². The Morgan fingerprint density at radius 3 is 3.12 bits per heavy atom. The minimum atomic E-state index is 0.182. The number of nitrogens with two attached hydrogens (primary N) is 1. The summed E-state index contributed by atoms with van der Waals surface area (Å²) >= 11 is 1.73. The maximum Gasteiger partial charge on any atom is 0.125 e. The average molecular weight is 245 g/mol. The Hall–Kier alpha value is -1.26. The highest BCUT2D eigenvalue weighted by molar-refractivity contribution is 7.15. The maximum atomic E-state index is 6.13. The monoisotopic (exact) mass is 245 g/mol. The molecule has 3 nitrogen and oxygen atoms in total. The molecule has 2 heterocycles. The molecule has 0 fully saturated rings. The number of aryl methyl sites for hydroxylation is 2. The van der Waals surface area contributed by atoms with Crippen molar-refractivity contribution in [3.05, 3.63) is 34.6 Å². The van der Waals surface area contributed by atoms with E-state index in [0.29, 0.717) is 0 Å². The van der Waals surface area contributed by atoms with E-state index < -0.39 is 0 Å². The van der Waals surface area contributed by atoms with Gasteiger partial charge in [0.1, 0.15) is 5.01 Å². The van der Waals surface area contributed by atoms with Gasteiger partial charge in [0, 0.05) is 28.9 Å². The normalized spacial score (nSPS) is 19.1. The molecule has 17 heavy (non-hydrogen) atoms. The maximum absolute atomic E-state index is 6.13. The van der Waals surface area contributed by atoms with Crippen LogP contribution in [0, 0.1) is 6.92 Å². The summed E-state index contributed by atoms with van der Waals surface area (Å²) in [7, 11) is 0. The number of fused-ring (bicyclic) bond motifs is 1. The number of hydrogen-bond donors (Lipinski definition) is 1. The lowest BCUT2D eigenvalue weighted by atomic mass is 9.99. The Kier molecular flexibility index (Phi) is 2.68. The Morgan fingerprint density at radius 1 is 1.47 bits per heavy atom. The molecule has 4 heteroatoms. The van der Waals surface area contributed by atoms with Gasteiger partial charge in [0.05, 0.1) is 5.69 Å². The van der Waals surface area contributed by atoms with Crippen LogP contribution in [-0.2, 0) is 6.42 Å². The summed E-state index contributed by atoms with van der Waals surface area (Å²) in [4.78, 5) is 10.2. The number of thiazole rings is 1. The summed E-state index contributed by atoms with van der Waals surface area (Å²) in [6.07, 6.45) is 7.02. The lowest BCUT2D eigenvalue weighted by Crippen LogP contribution is -2.15. The van der Waals surface area contributed by atoms with E-state index in [2.05, 4.69) is 11.9 Å². The fraction of sp³-hybridized carbons (Fsp3) is 0.385. The lowest BCUT2D eigenvalue weighted by molar-refractivity contribution is 0.573. The van der Waals surface area contributed by atoms with E-state index in [1.807, 2.05) is 18.5 Å². The van der Waals surface area contributed by atoms with Crippen LogP contribution in [0.1, 0.15) is 35.0 Å². The number of pyridine rings is 1. The van der Waals surface area contributed by atoms with Crippen LogP contribution in [0.25, 0.3) is 10.6 Å². The van der Waals surface area contributed by atoms with Crippen molar-refractivity contribution in [2.24, 2.45) is 5.73 Å². The summed E-state index contributed by atoms with van der Waals surface area (Å²) in [6, 6.07) is 2.21. The van der Waals surface area contributed by atoms with Crippen LogP contribution >= 0.6 is 11.3 Å². The molecule has 0 radical (unpaired) electrons. The first-order chi connectivity index (χ1) is 8.25. The van der Waals surface area contributed by atoms with Crippen LogP contribution in [0.5, 0.6) is 0 Å². The van der Waals surface area contributed by atoms with Crippen LogP contribution in [0.2, 0.25) is 0 Å². The van der Waals surface area contributed by atoms with Crippen LogP contribution < -0.4 is 5.73 Å². The largest absolute Gasteiger partial charge is 0.323 e. The predicted octanol–water partition coefficient (Wildman–Crippen LogP) is 2.85. The van der Waals surface area contributed by atoms with E-state index >= 15 is 0 Å². The fourth-order valence-corrected chi connectivity index (χ4v) is 3.48. The van der Waals surface area contributed by atoms with Gasteiger partial charge in [-0.05, 0) is 37.8 Å². The van der Waals surface area contributed by atoms with Crippen molar-refractivity contribution >= 4 is 11.3 Å². The van der Waals surface area contributed by atoms with Crippen molar-refractivity contribution in [2.45, 2.75) is 32.2 Å². The Labute approximate surface area is 105 Å². The minimum Gasteiger partial charge on any atom is -0.323 e. The van der Waals surface area contributed by atoms with Gasteiger partial charge in [-0.15, -0.1) is 11.3 Å². The van der Waals surface area contributed by atoms with Gasteiger partial charge in [-0.1, -0.05) is 0 Å². The van der Waals surface area contributed by atoms with Gasteiger partial charge in [0.25, 0.3) is 0 Å². The third-order valence-corrected chi connectivity index (χ3v) is 4.53. The summed E-state index contributed by atoms with van der Waals surface area (Å²) in [5.41, 5.74) is 9.69. The molecule has 88 valence electrons. The highest BCUT2D eigenvalue weighted by Crippen LogP contribution is 2.37. The van der Waals surface area contributed by atoms with E-state index in [1.165, 1.54) is 16.1 Å². The zero-order valence-electron chi connectivity index (χ0n) is 9.81. The van der Waals surface area contributed by atoms with Gasteiger partial charge in [-0.2, -0.15) is 0 Å². The van der Waals surface area contributed by atoms with E-state index in [-0.39, 0.29) is 6.04 Å². The van der Waals surface area contributed by atoms with Crippen molar-refractivity contribution in [3.8, 4) is 10.6 Å². The van der Waals surface area contributed by atoms with Gasteiger partial charge < -0.3 is 5.73 Å². The molecule has 0 spiro atoms. The molecule has 0 saturated carbocycles. The van der Waals surface area contributed by atoms with Gasteiger partial charge in [0.2, 0.25) is 0 Å². The third-order valence-electron chi connectivity index (χ3n) is 3.26. The van der Waals surface area contributed by atoms with Crippen LogP contribution in [0.3, 0.4) is 0 Å². The minimum absolute atomic E-state index is 0.182. The second-order valence-corrected chi connectivity index (χ2v) is 5.55. The van der Waals surface area contributed by atoms with Crippen LogP contribution in [-0.4, -0.2) is 9.97 Å². The summed E-state index contributed by atoms with van der Waals surface area (Å²) in [6.45, 7) is 2.09. The second kappa shape index (κ2) is 4.20. The molecule has 2 aromatic heterocycles. The molecule has 1 unspecified atom stereocenters. The van der Waals surface area contributed by atoms with E-state index in [9.17, 15) is 0 Å². The Morgan fingerprint density at radius 2 is 2.35 bits per heavy atom. The molecule has 2 aromatic rings. The Balaban J connectivity index is 2.08. The van der Waals surface area contributed by atoms with Gasteiger partial charge in [0.15, 0.2) is 0 Å². The number of nitrogens with zero attached hydrogens (tertiary/aromatic N) is 2. The van der Waals surface area contributed by atoms with Crippen molar-refractivity contribution < 1.29 is 0 Å².